The molecule has 0 bridgehead atoms. The standard InChI is InChI=1S/C16H13F3IN5O/c1-24-9-13(20)14(23-24)15(26)22-12-6-21-25(8-12)7-10-3-2-4-11(5-10)16(17,18)19/h2-6,8-9H,7H2,1H3,(H,22,26). The lowest BCUT2D eigenvalue weighted by atomic mass is 10.1. The van der Waals surface area contributed by atoms with Crippen molar-refractivity contribution < 1.29 is 18.0 Å². The predicted molar refractivity (Wildman–Crippen MR) is 96.7 cm³/mol. The molecule has 10 heteroatoms. The first kappa shape index (κ1) is 18.4. The number of halogens is 4. The third kappa shape index (κ3) is 4.23. The summed E-state index contributed by atoms with van der Waals surface area (Å²) in [5.74, 6) is -0.381. The van der Waals surface area contributed by atoms with Crippen molar-refractivity contribution in [2.45, 2.75) is 12.7 Å². The van der Waals surface area contributed by atoms with Crippen LogP contribution in [0.5, 0.6) is 0 Å². The second kappa shape index (κ2) is 7.09. The molecule has 3 rings (SSSR count). The molecule has 0 fully saturated rings. The number of aromatic nitrogens is 4. The molecule has 0 aliphatic rings. The van der Waals surface area contributed by atoms with Crippen LogP contribution in [-0.4, -0.2) is 25.5 Å². The number of carbonyl (C=O) groups is 1. The van der Waals surface area contributed by atoms with Gasteiger partial charge in [-0.05, 0) is 40.3 Å². The van der Waals surface area contributed by atoms with Gasteiger partial charge in [-0.25, -0.2) is 0 Å². The maximum absolute atomic E-state index is 12.8. The molecule has 0 atom stereocenters. The molecule has 3 aromatic rings. The Morgan fingerprint density at radius 3 is 2.73 bits per heavy atom. The number of nitrogens with one attached hydrogen (secondary N) is 1. The number of hydrogen-bond acceptors (Lipinski definition) is 3. The van der Waals surface area contributed by atoms with Gasteiger partial charge >= 0.3 is 6.18 Å². The largest absolute Gasteiger partial charge is 0.416 e. The van der Waals surface area contributed by atoms with E-state index in [1.165, 1.54) is 21.6 Å². The van der Waals surface area contributed by atoms with Crippen LogP contribution in [0.2, 0.25) is 0 Å². The van der Waals surface area contributed by atoms with E-state index in [2.05, 4.69) is 15.5 Å². The third-order valence-corrected chi connectivity index (χ3v) is 4.28. The molecule has 0 spiro atoms. The molecule has 26 heavy (non-hydrogen) atoms. The van der Waals surface area contributed by atoms with E-state index in [-0.39, 0.29) is 12.5 Å². The average molecular weight is 475 g/mol. The van der Waals surface area contributed by atoms with Crippen LogP contribution in [0.25, 0.3) is 0 Å². The maximum atomic E-state index is 12.8. The number of anilines is 1. The van der Waals surface area contributed by atoms with Gasteiger partial charge in [0.1, 0.15) is 0 Å². The highest BCUT2D eigenvalue weighted by Crippen LogP contribution is 2.29. The second-order valence-electron chi connectivity index (χ2n) is 5.58. The second-order valence-corrected chi connectivity index (χ2v) is 6.74. The number of carbonyl (C=O) groups excluding carboxylic acids is 1. The molecular formula is C16H13F3IN5O. The summed E-state index contributed by atoms with van der Waals surface area (Å²) >= 11 is 2.01. The van der Waals surface area contributed by atoms with E-state index in [4.69, 9.17) is 0 Å². The first-order valence-corrected chi connectivity index (χ1v) is 8.49. The fraction of sp³-hybridized carbons (Fsp3) is 0.188. The first-order valence-electron chi connectivity index (χ1n) is 7.41. The summed E-state index contributed by atoms with van der Waals surface area (Å²) in [4.78, 5) is 12.2. The number of aryl methyl sites for hydroxylation is 1. The van der Waals surface area contributed by atoms with E-state index < -0.39 is 11.7 Å². The Hall–Kier alpha value is -2.37. The minimum Gasteiger partial charge on any atom is -0.318 e. The smallest absolute Gasteiger partial charge is 0.318 e. The summed E-state index contributed by atoms with van der Waals surface area (Å²) in [6.07, 6.45) is 0.306. The molecule has 6 nitrogen and oxygen atoms in total. The lowest BCUT2D eigenvalue weighted by molar-refractivity contribution is -0.137. The average Bonchev–Trinajstić information content (AvgIpc) is 3.12. The summed E-state index contributed by atoms with van der Waals surface area (Å²) in [7, 11) is 1.71. The predicted octanol–water partition coefficient (Wildman–Crippen LogP) is 3.54. The van der Waals surface area contributed by atoms with E-state index in [0.29, 0.717) is 20.5 Å². The van der Waals surface area contributed by atoms with Gasteiger partial charge in [0, 0.05) is 19.4 Å². The first-order chi connectivity index (χ1) is 12.2. The van der Waals surface area contributed by atoms with Crippen molar-refractivity contribution in [1.82, 2.24) is 19.6 Å². The Balaban J connectivity index is 1.70. The number of nitrogens with zero attached hydrogens (tertiary/aromatic N) is 4. The quantitative estimate of drug-likeness (QED) is 0.588. The monoisotopic (exact) mass is 475 g/mol. The van der Waals surface area contributed by atoms with Crippen LogP contribution in [-0.2, 0) is 19.8 Å². The van der Waals surface area contributed by atoms with Crippen LogP contribution >= 0.6 is 22.6 Å². The van der Waals surface area contributed by atoms with Crippen molar-refractivity contribution in [1.29, 1.82) is 0 Å². The molecule has 1 aromatic carbocycles. The van der Waals surface area contributed by atoms with Gasteiger partial charge < -0.3 is 5.32 Å². The van der Waals surface area contributed by atoms with E-state index >= 15 is 0 Å². The zero-order valence-corrected chi connectivity index (χ0v) is 15.6. The van der Waals surface area contributed by atoms with E-state index in [1.807, 2.05) is 22.6 Å². The van der Waals surface area contributed by atoms with Crippen molar-refractivity contribution >= 4 is 34.2 Å². The van der Waals surface area contributed by atoms with Crippen LogP contribution in [0.1, 0.15) is 21.6 Å². The van der Waals surface area contributed by atoms with Crippen molar-refractivity contribution in [2.75, 3.05) is 5.32 Å². The van der Waals surface area contributed by atoms with Gasteiger partial charge in [-0.3, -0.25) is 14.2 Å². The molecule has 136 valence electrons. The molecular weight excluding hydrogens is 462 g/mol. The van der Waals surface area contributed by atoms with Gasteiger partial charge in [-0.1, -0.05) is 12.1 Å². The van der Waals surface area contributed by atoms with Gasteiger partial charge in [0.05, 0.1) is 27.6 Å². The zero-order valence-electron chi connectivity index (χ0n) is 13.5. The molecule has 0 aliphatic heterocycles. The molecule has 0 saturated heterocycles. The Bertz CT molecular complexity index is 948. The minimum atomic E-state index is -4.39. The molecule has 0 saturated carbocycles. The SMILES string of the molecule is Cn1cc(I)c(C(=O)Nc2cnn(Cc3cccc(C(F)(F)F)c3)c2)n1. The normalized spacial score (nSPS) is 11.6. The van der Waals surface area contributed by atoms with E-state index in [9.17, 15) is 18.0 Å². The van der Waals surface area contributed by atoms with Gasteiger partial charge in [0.15, 0.2) is 5.69 Å². The van der Waals surface area contributed by atoms with Crippen LogP contribution in [0.15, 0.2) is 42.9 Å². The van der Waals surface area contributed by atoms with Gasteiger partial charge in [0.2, 0.25) is 0 Å². The maximum Gasteiger partial charge on any atom is 0.416 e. The van der Waals surface area contributed by atoms with Gasteiger partial charge in [-0.2, -0.15) is 23.4 Å². The minimum absolute atomic E-state index is 0.154. The highest BCUT2D eigenvalue weighted by Gasteiger charge is 2.30. The number of alkyl halides is 3. The van der Waals surface area contributed by atoms with Crippen molar-refractivity contribution in [2.24, 2.45) is 7.05 Å². The molecule has 2 aromatic heterocycles. The molecule has 0 radical (unpaired) electrons. The van der Waals surface area contributed by atoms with Gasteiger partial charge in [-0.15, -0.1) is 0 Å². The van der Waals surface area contributed by atoms with E-state index in [0.717, 1.165) is 12.1 Å². The van der Waals surface area contributed by atoms with Crippen molar-refractivity contribution in [3.05, 3.63) is 63.2 Å². The summed E-state index contributed by atoms with van der Waals surface area (Å²) in [6.45, 7) is 0.154. The number of rotatable bonds is 4. The fourth-order valence-electron chi connectivity index (χ4n) is 2.35. The molecule has 0 aliphatic carbocycles. The summed E-state index contributed by atoms with van der Waals surface area (Å²) in [6, 6.07) is 5.04. The summed E-state index contributed by atoms with van der Waals surface area (Å²) in [5, 5.41) is 10.8. The molecule has 0 unspecified atom stereocenters. The highest BCUT2D eigenvalue weighted by atomic mass is 127. The van der Waals surface area contributed by atoms with E-state index in [1.54, 1.807) is 25.5 Å². The Labute approximate surface area is 160 Å². The zero-order chi connectivity index (χ0) is 18.9. The van der Waals surface area contributed by atoms with Crippen LogP contribution in [0.3, 0.4) is 0 Å². The number of amides is 1. The third-order valence-electron chi connectivity index (χ3n) is 3.49. The molecule has 1 N–H and O–H groups in total. The topological polar surface area (TPSA) is 64.7 Å². The lowest BCUT2D eigenvalue weighted by Crippen LogP contribution is -2.13. The highest BCUT2D eigenvalue weighted by molar-refractivity contribution is 14.1. The summed E-state index contributed by atoms with van der Waals surface area (Å²) in [5.41, 5.74) is 0.475. The van der Waals surface area contributed by atoms with Crippen molar-refractivity contribution in [3.8, 4) is 0 Å². The number of benzene rings is 1. The van der Waals surface area contributed by atoms with Gasteiger partial charge in [0.25, 0.3) is 5.91 Å². The van der Waals surface area contributed by atoms with Crippen LogP contribution in [0, 0.1) is 3.57 Å². The number of hydrogen-bond donors (Lipinski definition) is 1. The van der Waals surface area contributed by atoms with Crippen LogP contribution < -0.4 is 5.32 Å². The molecule has 1 amide bonds. The molecule has 2 heterocycles. The Morgan fingerprint density at radius 1 is 1.31 bits per heavy atom. The fourth-order valence-corrected chi connectivity index (χ4v) is 3.11. The Morgan fingerprint density at radius 2 is 2.08 bits per heavy atom. The van der Waals surface area contributed by atoms with Crippen molar-refractivity contribution in [3.63, 3.8) is 0 Å². The lowest BCUT2D eigenvalue weighted by Gasteiger charge is -2.08. The summed E-state index contributed by atoms with van der Waals surface area (Å²) < 4.78 is 42.0. The Kier molecular flexibility index (Phi) is 5.03. The van der Waals surface area contributed by atoms with Crippen LogP contribution in [0.4, 0.5) is 18.9 Å².